The van der Waals surface area contributed by atoms with Gasteiger partial charge in [0.1, 0.15) is 67.1 Å². The number of aliphatic hydroxyl groups excluding tert-OH is 11. The van der Waals surface area contributed by atoms with E-state index in [0.29, 0.717) is 19.3 Å². The Morgan fingerprint density at radius 1 is 0.530 bits per heavy atom. The van der Waals surface area contributed by atoms with Crippen molar-refractivity contribution in [2.75, 3.05) is 26.4 Å². The number of amides is 2. The fourth-order valence-electron chi connectivity index (χ4n) is 13.9. The number of ether oxygens (including phenoxy) is 6. The summed E-state index contributed by atoms with van der Waals surface area (Å²) >= 11 is 0. The Bertz CT molecular complexity index is 2100. The van der Waals surface area contributed by atoms with Gasteiger partial charge in [-0.3, -0.25) is 9.59 Å². The lowest BCUT2D eigenvalue weighted by Gasteiger charge is -2.50. The molecule has 3 rings (SSSR count). The summed E-state index contributed by atoms with van der Waals surface area (Å²) in [6.45, 7) is 2.15. The highest BCUT2D eigenvalue weighted by molar-refractivity contribution is 5.77. The lowest BCUT2D eigenvalue weighted by atomic mass is 9.88. The van der Waals surface area contributed by atoms with E-state index in [1.165, 1.54) is 193 Å². The molecule has 14 N–H and O–H groups in total. The second-order valence-electron chi connectivity index (χ2n) is 28.9. The monoisotopic (exact) mass is 1430 g/mol. The van der Waals surface area contributed by atoms with Crippen LogP contribution in [0.25, 0.3) is 0 Å². The van der Waals surface area contributed by atoms with Crippen molar-refractivity contribution in [2.24, 2.45) is 0 Å². The van der Waals surface area contributed by atoms with E-state index in [-0.39, 0.29) is 18.9 Å². The zero-order chi connectivity index (χ0) is 73.2. The van der Waals surface area contributed by atoms with Crippen LogP contribution in [0.3, 0.4) is 0 Å². The highest BCUT2D eigenvalue weighted by Gasteiger charge is 2.60. The maximum absolute atomic E-state index is 13.5. The molecule has 0 radical (unpaired) electrons. The van der Waals surface area contributed by atoms with E-state index in [0.717, 1.165) is 71.1 Å². The van der Waals surface area contributed by atoms with Crippen LogP contribution in [-0.4, -0.2) is 215 Å². The van der Waals surface area contributed by atoms with Crippen molar-refractivity contribution < 1.29 is 104 Å². The third-order valence-corrected chi connectivity index (χ3v) is 20.2. The number of allylic oxidation sites excluding steroid dienone is 4. The van der Waals surface area contributed by atoms with Gasteiger partial charge in [-0.25, -0.2) is 4.79 Å². The largest absolute Gasteiger partial charge is 0.477 e. The molecule has 0 saturated carbocycles. The van der Waals surface area contributed by atoms with Gasteiger partial charge in [0.15, 0.2) is 12.6 Å². The first kappa shape index (κ1) is 91.4. The summed E-state index contributed by atoms with van der Waals surface area (Å²) in [6.07, 6.45) is 31.7. The first-order valence-corrected chi connectivity index (χ1v) is 39.7. The number of aliphatic hydroxyl groups is 11. The van der Waals surface area contributed by atoms with Gasteiger partial charge in [0, 0.05) is 19.8 Å². The molecule has 0 bridgehead atoms. The van der Waals surface area contributed by atoms with Crippen LogP contribution < -0.4 is 10.6 Å². The number of carboxylic acids is 1. The first-order valence-electron chi connectivity index (χ1n) is 39.7. The average Bonchev–Trinajstić information content (AvgIpc) is 0.756. The van der Waals surface area contributed by atoms with Gasteiger partial charge in [-0.1, -0.05) is 276 Å². The van der Waals surface area contributed by atoms with Gasteiger partial charge in [-0.15, -0.1) is 0 Å². The minimum Gasteiger partial charge on any atom is -0.477 e. The zero-order valence-corrected chi connectivity index (χ0v) is 61.8. The average molecular weight is 1430 g/mol. The van der Waals surface area contributed by atoms with E-state index in [1.54, 1.807) is 0 Å². The van der Waals surface area contributed by atoms with Crippen LogP contribution in [0.2, 0.25) is 0 Å². The van der Waals surface area contributed by atoms with Crippen LogP contribution in [0.4, 0.5) is 0 Å². The highest BCUT2D eigenvalue weighted by atomic mass is 16.8. The Hall–Kier alpha value is -2.79. The molecule has 3 aliphatic heterocycles. The van der Waals surface area contributed by atoms with Gasteiger partial charge < -0.3 is 100 Å². The summed E-state index contributed by atoms with van der Waals surface area (Å²) in [5.41, 5.74) is 0. The Morgan fingerprint density at radius 3 is 1.45 bits per heavy atom. The van der Waals surface area contributed by atoms with E-state index < -0.39 is 148 Å². The molecule has 3 heterocycles. The molecule has 0 aliphatic carbocycles. The lowest BCUT2D eigenvalue weighted by molar-refractivity contribution is -0.386. The summed E-state index contributed by atoms with van der Waals surface area (Å²) in [5.74, 6) is -6.10. The summed E-state index contributed by atoms with van der Waals surface area (Å²) in [6, 6.07) is -2.53. The molecule has 3 aliphatic rings. The first-order chi connectivity index (χ1) is 48.4. The number of unbranched alkanes of at least 4 members (excludes halogenated alkanes) is 38. The maximum Gasteiger partial charge on any atom is 0.364 e. The summed E-state index contributed by atoms with van der Waals surface area (Å²) in [7, 11) is 0. The normalized spacial score (nSPS) is 27.0. The van der Waals surface area contributed by atoms with E-state index in [1.807, 2.05) is 0 Å². The predicted molar refractivity (Wildman–Crippen MR) is 385 cm³/mol. The third-order valence-electron chi connectivity index (χ3n) is 20.2. The quantitative estimate of drug-likeness (QED) is 0.0199. The van der Waals surface area contributed by atoms with Gasteiger partial charge in [0.25, 0.3) is 5.79 Å². The van der Waals surface area contributed by atoms with Gasteiger partial charge in [-0.05, 0) is 38.5 Å². The van der Waals surface area contributed by atoms with Crippen LogP contribution in [0, 0.1) is 0 Å². The minimum atomic E-state index is -3.08. The van der Waals surface area contributed by atoms with E-state index in [4.69, 9.17) is 28.4 Å². The van der Waals surface area contributed by atoms with Crippen molar-refractivity contribution in [3.63, 3.8) is 0 Å². The number of rotatable bonds is 62. The molecular formula is C77H142N2O21. The number of hydrogen-bond donors (Lipinski definition) is 14. The molecule has 0 aromatic rings. The number of carbonyl (C=O) groups excluding carboxylic acids is 2. The Kier molecular flexibility index (Phi) is 51.7. The van der Waals surface area contributed by atoms with Crippen LogP contribution >= 0.6 is 0 Å². The zero-order valence-electron chi connectivity index (χ0n) is 61.8. The summed E-state index contributed by atoms with van der Waals surface area (Å²) in [5, 5.41) is 137. The fourth-order valence-corrected chi connectivity index (χ4v) is 13.9. The van der Waals surface area contributed by atoms with Crippen LogP contribution in [0.1, 0.15) is 310 Å². The van der Waals surface area contributed by atoms with Crippen molar-refractivity contribution in [2.45, 2.75) is 420 Å². The molecule has 2 amide bonds. The molecule has 0 aromatic heterocycles. The van der Waals surface area contributed by atoms with Crippen LogP contribution in [-0.2, 0) is 42.8 Å². The number of carboxylic acid groups (broad SMARTS) is 1. The fraction of sp³-hybridized carbons (Fsp3) is 0.909. The molecule has 3 fully saturated rings. The van der Waals surface area contributed by atoms with Crippen molar-refractivity contribution in [1.29, 1.82) is 0 Å². The Morgan fingerprint density at radius 2 is 0.990 bits per heavy atom. The molecule has 586 valence electrons. The Labute approximate surface area is 600 Å². The molecule has 0 aromatic carbocycles. The number of hydrogen-bond acceptors (Lipinski definition) is 20. The molecule has 23 nitrogen and oxygen atoms in total. The van der Waals surface area contributed by atoms with Crippen molar-refractivity contribution in [3.05, 3.63) is 24.3 Å². The second kappa shape index (κ2) is 56.5. The number of carbonyl (C=O) groups is 3. The Balaban J connectivity index is 1.52. The SMILES string of the molecule is CC/C=C\C/C=C\CCCCCCCCCCCCCCCCC(=O)NC(COC1OC(CO)C(OC2OC(CO)C(O)C(OC3(C(=O)O)CC(O)C(NC(C)=O)C(C(O)C(O)CO)O3)C2O)C(O)C1O)C(O)CCCCCCCCCCCCCCCCCCCCCCCCCCC. The predicted octanol–water partition coefficient (Wildman–Crippen LogP) is 9.96. The third kappa shape index (κ3) is 37.0. The van der Waals surface area contributed by atoms with Gasteiger partial charge >= 0.3 is 5.97 Å². The standard InChI is InChI=1S/C77H142N2O21/c1-4-6-8-10-12-14-16-18-20-22-24-26-27-28-29-31-32-34-36-38-40-42-44-46-48-50-59(84)58(79-64(87)51-49-47-45-43-41-39-37-35-33-30-25-23-21-19-17-15-13-11-9-7-5-2)56-95-74-69(91)68(90)71(63(55-82)97-74)98-75-70(92)73(67(89)62(54-81)96-75)100-77(76(93)94)52-60(85)65(78-57(3)83)72(99-77)66(88)61(86)53-80/h7,9,13,15,58-63,65-75,80-82,84-86,88-92H,4-6,8,10-12,14,16-56H2,1-3H3,(H,78,83)(H,79,87)(H,93,94)/b9-7-,15-13-. The summed E-state index contributed by atoms with van der Waals surface area (Å²) < 4.78 is 35.0. The minimum absolute atomic E-state index is 0.224. The number of aliphatic carboxylic acids is 1. The molecule has 3 saturated heterocycles. The van der Waals surface area contributed by atoms with Crippen LogP contribution in [0.5, 0.6) is 0 Å². The number of nitrogens with one attached hydrogen (secondary N) is 2. The van der Waals surface area contributed by atoms with E-state index >= 15 is 0 Å². The molecular weight excluding hydrogens is 1290 g/mol. The topological polar surface area (TPSA) is 373 Å². The molecule has 18 atom stereocenters. The summed E-state index contributed by atoms with van der Waals surface area (Å²) in [4.78, 5) is 38.7. The maximum atomic E-state index is 13.5. The molecule has 18 unspecified atom stereocenters. The molecule has 0 spiro atoms. The van der Waals surface area contributed by atoms with Gasteiger partial charge in [0.2, 0.25) is 11.8 Å². The van der Waals surface area contributed by atoms with Crippen molar-refractivity contribution in [1.82, 2.24) is 10.6 Å². The highest BCUT2D eigenvalue weighted by Crippen LogP contribution is 2.39. The second-order valence-corrected chi connectivity index (χ2v) is 28.9. The van der Waals surface area contributed by atoms with E-state index in [2.05, 4.69) is 48.8 Å². The lowest BCUT2D eigenvalue weighted by Crippen LogP contribution is -2.70. The van der Waals surface area contributed by atoms with E-state index in [9.17, 15) is 75.7 Å². The van der Waals surface area contributed by atoms with Gasteiger partial charge in [-0.2, -0.15) is 0 Å². The van der Waals surface area contributed by atoms with Crippen LogP contribution in [0.15, 0.2) is 24.3 Å². The van der Waals surface area contributed by atoms with Crippen molar-refractivity contribution >= 4 is 17.8 Å². The smallest absolute Gasteiger partial charge is 0.364 e. The molecule has 23 heteroatoms. The van der Waals surface area contributed by atoms with Crippen molar-refractivity contribution in [3.8, 4) is 0 Å². The van der Waals surface area contributed by atoms with Gasteiger partial charge in [0.05, 0.1) is 50.7 Å². The molecule has 100 heavy (non-hydrogen) atoms.